The molecule has 3 nitrogen and oxygen atoms in total. The van der Waals surface area contributed by atoms with Crippen LogP contribution in [0.15, 0.2) is 24.3 Å². The number of aliphatic hydroxyl groups is 1. The second kappa shape index (κ2) is 3.88. The van der Waals surface area contributed by atoms with E-state index in [9.17, 15) is 5.11 Å². The predicted molar refractivity (Wildman–Crippen MR) is 58.3 cm³/mol. The van der Waals surface area contributed by atoms with Gasteiger partial charge in [-0.1, -0.05) is 0 Å². The molecular formula is C11H16N2O. The molecule has 0 unspecified atom stereocenters. The maximum absolute atomic E-state index is 9.53. The second-order valence-electron chi connectivity index (χ2n) is 3.83. The van der Waals surface area contributed by atoms with Crippen molar-refractivity contribution in [3.63, 3.8) is 0 Å². The fourth-order valence-corrected chi connectivity index (χ4v) is 1.87. The summed E-state index contributed by atoms with van der Waals surface area (Å²) in [5, 5.41) is 9.53. The SMILES string of the molecule is Nc1ccc(N2CCC[C@@H](O)C2)cc1. The van der Waals surface area contributed by atoms with Crippen LogP contribution in [-0.4, -0.2) is 24.3 Å². The van der Waals surface area contributed by atoms with Crippen LogP contribution in [0, 0.1) is 0 Å². The highest BCUT2D eigenvalue weighted by Gasteiger charge is 2.17. The number of hydrogen-bond donors (Lipinski definition) is 2. The van der Waals surface area contributed by atoms with Gasteiger partial charge in [-0.25, -0.2) is 0 Å². The van der Waals surface area contributed by atoms with E-state index in [1.165, 1.54) is 0 Å². The van der Waals surface area contributed by atoms with Crippen LogP contribution in [0.25, 0.3) is 0 Å². The molecule has 1 heterocycles. The summed E-state index contributed by atoms with van der Waals surface area (Å²) in [7, 11) is 0. The first-order valence-corrected chi connectivity index (χ1v) is 5.04. The van der Waals surface area contributed by atoms with E-state index in [0.29, 0.717) is 0 Å². The Morgan fingerprint density at radius 3 is 2.64 bits per heavy atom. The van der Waals surface area contributed by atoms with Crippen LogP contribution in [0.1, 0.15) is 12.8 Å². The molecule has 1 aliphatic rings. The van der Waals surface area contributed by atoms with Crippen LogP contribution < -0.4 is 10.6 Å². The average molecular weight is 192 g/mol. The van der Waals surface area contributed by atoms with E-state index in [-0.39, 0.29) is 6.10 Å². The van der Waals surface area contributed by atoms with Gasteiger partial charge in [-0.3, -0.25) is 0 Å². The highest BCUT2D eigenvalue weighted by molar-refractivity contribution is 5.53. The summed E-state index contributed by atoms with van der Waals surface area (Å²) in [4.78, 5) is 2.20. The van der Waals surface area contributed by atoms with E-state index in [0.717, 1.165) is 37.3 Å². The van der Waals surface area contributed by atoms with Crippen molar-refractivity contribution < 1.29 is 5.11 Å². The molecule has 0 aliphatic carbocycles. The summed E-state index contributed by atoms with van der Waals surface area (Å²) in [5.74, 6) is 0. The quantitative estimate of drug-likeness (QED) is 0.658. The smallest absolute Gasteiger partial charge is 0.0715 e. The van der Waals surface area contributed by atoms with Gasteiger partial charge in [0.2, 0.25) is 0 Å². The van der Waals surface area contributed by atoms with Crippen LogP contribution >= 0.6 is 0 Å². The van der Waals surface area contributed by atoms with E-state index >= 15 is 0 Å². The molecule has 1 aromatic rings. The van der Waals surface area contributed by atoms with E-state index in [1.807, 2.05) is 24.3 Å². The molecule has 1 aliphatic heterocycles. The second-order valence-corrected chi connectivity index (χ2v) is 3.83. The van der Waals surface area contributed by atoms with E-state index < -0.39 is 0 Å². The Morgan fingerprint density at radius 2 is 2.00 bits per heavy atom. The van der Waals surface area contributed by atoms with Gasteiger partial charge in [-0.05, 0) is 37.1 Å². The Kier molecular flexibility index (Phi) is 2.59. The third kappa shape index (κ3) is 1.99. The summed E-state index contributed by atoms with van der Waals surface area (Å²) in [5.41, 5.74) is 7.55. The molecule has 0 bridgehead atoms. The van der Waals surface area contributed by atoms with Crippen LogP contribution in [0.3, 0.4) is 0 Å². The summed E-state index contributed by atoms with van der Waals surface area (Å²) < 4.78 is 0. The fourth-order valence-electron chi connectivity index (χ4n) is 1.87. The number of nitrogens with zero attached hydrogens (tertiary/aromatic N) is 1. The summed E-state index contributed by atoms with van der Waals surface area (Å²) >= 11 is 0. The lowest BCUT2D eigenvalue weighted by Crippen LogP contribution is -2.38. The highest BCUT2D eigenvalue weighted by Crippen LogP contribution is 2.20. The molecule has 76 valence electrons. The lowest BCUT2D eigenvalue weighted by atomic mass is 10.1. The normalized spacial score (nSPS) is 22.4. The van der Waals surface area contributed by atoms with Crippen molar-refractivity contribution in [3.8, 4) is 0 Å². The fraction of sp³-hybridized carbons (Fsp3) is 0.455. The molecule has 1 aromatic carbocycles. The first kappa shape index (κ1) is 9.34. The van der Waals surface area contributed by atoms with Gasteiger partial charge in [-0.2, -0.15) is 0 Å². The van der Waals surface area contributed by atoms with Crippen LogP contribution in [0.2, 0.25) is 0 Å². The monoisotopic (exact) mass is 192 g/mol. The number of benzene rings is 1. The first-order chi connectivity index (χ1) is 6.75. The molecule has 1 atom stereocenters. The van der Waals surface area contributed by atoms with Gasteiger partial charge >= 0.3 is 0 Å². The van der Waals surface area contributed by atoms with Crippen LogP contribution in [-0.2, 0) is 0 Å². The molecule has 14 heavy (non-hydrogen) atoms. The molecular weight excluding hydrogens is 176 g/mol. The van der Waals surface area contributed by atoms with Gasteiger partial charge in [0.1, 0.15) is 0 Å². The Hall–Kier alpha value is -1.22. The molecule has 0 spiro atoms. The zero-order valence-corrected chi connectivity index (χ0v) is 8.19. The molecule has 3 heteroatoms. The van der Waals surface area contributed by atoms with Crippen molar-refractivity contribution in [1.29, 1.82) is 0 Å². The number of β-amino-alcohol motifs (C(OH)–C–C–N with tert-alkyl or cyclic N) is 1. The maximum atomic E-state index is 9.53. The molecule has 2 rings (SSSR count). The standard InChI is InChI=1S/C11H16N2O/c12-9-3-5-10(6-4-9)13-7-1-2-11(14)8-13/h3-6,11,14H,1-2,7-8,12H2/t11-/m1/s1. The number of rotatable bonds is 1. The molecule has 1 fully saturated rings. The molecule has 3 N–H and O–H groups in total. The van der Waals surface area contributed by atoms with Crippen molar-refractivity contribution in [2.75, 3.05) is 23.7 Å². The van der Waals surface area contributed by atoms with Crippen molar-refractivity contribution in [2.45, 2.75) is 18.9 Å². The number of aliphatic hydroxyl groups excluding tert-OH is 1. The minimum Gasteiger partial charge on any atom is -0.399 e. The third-order valence-electron chi connectivity index (χ3n) is 2.65. The molecule has 0 saturated carbocycles. The Morgan fingerprint density at radius 1 is 1.29 bits per heavy atom. The molecule has 0 radical (unpaired) electrons. The predicted octanol–water partition coefficient (Wildman–Crippen LogP) is 1.23. The largest absolute Gasteiger partial charge is 0.399 e. The van der Waals surface area contributed by atoms with Crippen molar-refractivity contribution in [2.24, 2.45) is 0 Å². The number of nitrogen functional groups attached to an aromatic ring is 1. The number of anilines is 2. The van der Waals surface area contributed by atoms with E-state index in [2.05, 4.69) is 4.90 Å². The van der Waals surface area contributed by atoms with E-state index in [4.69, 9.17) is 5.73 Å². The lowest BCUT2D eigenvalue weighted by molar-refractivity contribution is 0.154. The highest BCUT2D eigenvalue weighted by atomic mass is 16.3. The van der Waals surface area contributed by atoms with Gasteiger partial charge in [-0.15, -0.1) is 0 Å². The van der Waals surface area contributed by atoms with E-state index in [1.54, 1.807) is 0 Å². The van der Waals surface area contributed by atoms with Crippen LogP contribution in [0.5, 0.6) is 0 Å². The number of piperidine rings is 1. The van der Waals surface area contributed by atoms with Crippen molar-refractivity contribution in [1.82, 2.24) is 0 Å². The maximum Gasteiger partial charge on any atom is 0.0715 e. The van der Waals surface area contributed by atoms with Gasteiger partial charge in [0.15, 0.2) is 0 Å². The Bertz CT molecular complexity index is 297. The minimum atomic E-state index is -0.179. The molecule has 0 aromatic heterocycles. The summed E-state index contributed by atoms with van der Waals surface area (Å²) in [6, 6.07) is 7.81. The Labute approximate surface area is 84.1 Å². The average Bonchev–Trinajstić information content (AvgIpc) is 2.19. The third-order valence-corrected chi connectivity index (χ3v) is 2.65. The van der Waals surface area contributed by atoms with Gasteiger partial charge in [0, 0.05) is 24.5 Å². The molecule has 0 amide bonds. The van der Waals surface area contributed by atoms with Crippen molar-refractivity contribution >= 4 is 11.4 Å². The Balaban J connectivity index is 2.10. The number of hydrogen-bond acceptors (Lipinski definition) is 3. The summed E-state index contributed by atoms with van der Waals surface area (Å²) in [6.45, 7) is 1.77. The minimum absolute atomic E-state index is 0.179. The number of nitrogens with two attached hydrogens (primary N) is 1. The topological polar surface area (TPSA) is 49.5 Å². The summed E-state index contributed by atoms with van der Waals surface area (Å²) in [6.07, 6.45) is 1.80. The molecule has 1 saturated heterocycles. The van der Waals surface area contributed by atoms with Crippen molar-refractivity contribution in [3.05, 3.63) is 24.3 Å². The lowest BCUT2D eigenvalue weighted by Gasteiger charge is -2.31. The van der Waals surface area contributed by atoms with Gasteiger partial charge in [0.25, 0.3) is 0 Å². The van der Waals surface area contributed by atoms with Crippen LogP contribution in [0.4, 0.5) is 11.4 Å². The van der Waals surface area contributed by atoms with Gasteiger partial charge < -0.3 is 15.7 Å². The first-order valence-electron chi connectivity index (χ1n) is 5.04. The zero-order valence-electron chi connectivity index (χ0n) is 8.19. The van der Waals surface area contributed by atoms with Gasteiger partial charge in [0.05, 0.1) is 6.10 Å². The zero-order chi connectivity index (χ0) is 9.97.